The fourth-order valence-electron chi connectivity index (χ4n) is 3.30. The molecule has 2 amide bonds. The highest BCUT2D eigenvalue weighted by Crippen LogP contribution is 2.39. The van der Waals surface area contributed by atoms with Crippen LogP contribution in [-0.2, 0) is 4.79 Å². The molecule has 0 fully saturated rings. The van der Waals surface area contributed by atoms with Crippen LogP contribution in [0.5, 0.6) is 0 Å². The molecular weight excluding hydrogens is 418 g/mol. The molecule has 2 aromatic carbocycles. The Labute approximate surface area is 186 Å². The van der Waals surface area contributed by atoms with Crippen molar-refractivity contribution in [3.05, 3.63) is 63.5 Å². The minimum Gasteiger partial charge on any atom is -0.352 e. The average molecular weight is 445 g/mol. The zero-order chi connectivity index (χ0) is 21.5. The highest BCUT2D eigenvalue weighted by atomic mass is 35.5. The predicted octanol–water partition coefficient (Wildman–Crippen LogP) is 3.47. The Bertz CT molecular complexity index is 957. The number of quaternary nitrogens is 1. The molecule has 0 saturated carbocycles. The molecule has 158 valence electrons. The minimum atomic E-state index is -0.188. The first kappa shape index (κ1) is 22.4. The van der Waals surface area contributed by atoms with Crippen LogP contribution in [0.2, 0.25) is 5.02 Å². The number of carbonyl (C=O) groups excluding carboxylic acids is 2. The third-order valence-corrected chi connectivity index (χ3v) is 6.41. The molecule has 0 saturated heterocycles. The highest BCUT2D eigenvalue weighted by Gasteiger charge is 2.22. The maximum atomic E-state index is 12.5. The van der Waals surface area contributed by atoms with E-state index in [0.717, 1.165) is 36.5 Å². The molecule has 3 rings (SSSR count). The van der Waals surface area contributed by atoms with Crippen LogP contribution < -0.4 is 15.5 Å². The number of carbonyl (C=O) groups is 2. The van der Waals surface area contributed by atoms with Gasteiger partial charge in [0.05, 0.1) is 30.2 Å². The van der Waals surface area contributed by atoms with Gasteiger partial charge >= 0.3 is 0 Å². The van der Waals surface area contributed by atoms with E-state index in [1.54, 1.807) is 18.2 Å². The van der Waals surface area contributed by atoms with E-state index in [1.807, 2.05) is 30.3 Å². The molecule has 5 nitrogen and oxygen atoms in total. The number of rotatable bonds is 8. The molecule has 1 aliphatic heterocycles. The predicted molar refractivity (Wildman–Crippen MR) is 124 cm³/mol. The van der Waals surface area contributed by atoms with Crippen LogP contribution in [0.25, 0.3) is 6.08 Å². The highest BCUT2D eigenvalue weighted by molar-refractivity contribution is 8.04. The maximum absolute atomic E-state index is 12.5. The second kappa shape index (κ2) is 10.7. The second-order valence-electron chi connectivity index (χ2n) is 7.15. The fourth-order valence-corrected chi connectivity index (χ4v) is 4.43. The molecule has 2 aromatic rings. The molecule has 1 aliphatic rings. The number of hydrogen-bond acceptors (Lipinski definition) is 3. The van der Waals surface area contributed by atoms with Gasteiger partial charge in [-0.1, -0.05) is 35.5 Å². The summed E-state index contributed by atoms with van der Waals surface area (Å²) in [6.07, 6.45) is 2.76. The van der Waals surface area contributed by atoms with Crippen molar-refractivity contribution in [3.8, 4) is 0 Å². The Morgan fingerprint density at radius 3 is 2.73 bits per heavy atom. The summed E-state index contributed by atoms with van der Waals surface area (Å²) in [6, 6.07) is 12.8. The van der Waals surface area contributed by atoms with E-state index in [-0.39, 0.29) is 11.8 Å². The molecule has 0 atom stereocenters. The van der Waals surface area contributed by atoms with E-state index in [2.05, 4.69) is 24.5 Å². The summed E-state index contributed by atoms with van der Waals surface area (Å²) >= 11 is 7.41. The van der Waals surface area contributed by atoms with Gasteiger partial charge in [0.25, 0.3) is 11.8 Å². The van der Waals surface area contributed by atoms with Gasteiger partial charge in [0.2, 0.25) is 0 Å². The Morgan fingerprint density at radius 1 is 1.20 bits per heavy atom. The van der Waals surface area contributed by atoms with E-state index >= 15 is 0 Å². The number of fused-ring (bicyclic) bond motifs is 1. The van der Waals surface area contributed by atoms with Crippen molar-refractivity contribution in [2.75, 3.05) is 31.5 Å². The van der Waals surface area contributed by atoms with Gasteiger partial charge in [0.1, 0.15) is 0 Å². The van der Waals surface area contributed by atoms with Gasteiger partial charge in [0.15, 0.2) is 0 Å². The average Bonchev–Trinajstić information content (AvgIpc) is 2.74. The number of hydrogen-bond donors (Lipinski definition) is 3. The lowest BCUT2D eigenvalue weighted by Gasteiger charge is -2.19. The number of thioether (sulfide) groups is 1. The van der Waals surface area contributed by atoms with Crippen molar-refractivity contribution in [1.29, 1.82) is 0 Å². The van der Waals surface area contributed by atoms with Crippen LogP contribution in [-0.4, -0.2) is 38.0 Å². The Balaban J connectivity index is 1.63. The molecule has 0 radical (unpaired) electrons. The fraction of sp³-hybridized carbons (Fsp3) is 0.304. The van der Waals surface area contributed by atoms with Crippen LogP contribution >= 0.6 is 23.4 Å². The number of halogens is 1. The summed E-state index contributed by atoms with van der Waals surface area (Å²) < 4.78 is 0. The first-order chi connectivity index (χ1) is 14.5. The number of benzene rings is 2. The molecule has 0 spiro atoms. The minimum absolute atomic E-state index is 0.119. The molecule has 7 heteroatoms. The monoisotopic (exact) mass is 444 g/mol. The lowest BCUT2D eigenvalue weighted by Crippen LogP contribution is -3.11. The van der Waals surface area contributed by atoms with E-state index < -0.39 is 0 Å². The SMILES string of the molecule is CC[NH+](CC)CCCNC(=O)c1ccc2c(c1)NC(=O)C(=Cc1cccc(Cl)c1)S2. The van der Waals surface area contributed by atoms with Crippen molar-refractivity contribution in [1.82, 2.24) is 5.32 Å². The van der Waals surface area contributed by atoms with E-state index in [4.69, 9.17) is 11.6 Å². The zero-order valence-corrected chi connectivity index (χ0v) is 18.8. The van der Waals surface area contributed by atoms with Crippen molar-refractivity contribution in [3.63, 3.8) is 0 Å². The van der Waals surface area contributed by atoms with Crippen LogP contribution in [0.3, 0.4) is 0 Å². The Hall–Kier alpha value is -2.28. The first-order valence-electron chi connectivity index (χ1n) is 10.2. The molecule has 30 heavy (non-hydrogen) atoms. The largest absolute Gasteiger partial charge is 0.352 e. The molecule has 0 aromatic heterocycles. The third-order valence-electron chi connectivity index (χ3n) is 5.07. The van der Waals surface area contributed by atoms with Gasteiger partial charge in [-0.05, 0) is 55.8 Å². The van der Waals surface area contributed by atoms with Crippen molar-refractivity contribution >= 4 is 46.9 Å². The van der Waals surface area contributed by atoms with Gasteiger partial charge in [0, 0.05) is 28.4 Å². The molecule has 0 bridgehead atoms. The summed E-state index contributed by atoms with van der Waals surface area (Å²) in [4.78, 5) is 28.0. The third kappa shape index (κ3) is 5.88. The van der Waals surface area contributed by atoms with Gasteiger partial charge in [-0.2, -0.15) is 0 Å². The van der Waals surface area contributed by atoms with Gasteiger partial charge < -0.3 is 15.5 Å². The number of amides is 2. The van der Waals surface area contributed by atoms with E-state index in [9.17, 15) is 9.59 Å². The van der Waals surface area contributed by atoms with Crippen LogP contribution in [0, 0.1) is 0 Å². The lowest BCUT2D eigenvalue weighted by atomic mass is 10.1. The topological polar surface area (TPSA) is 62.6 Å². The molecule has 3 N–H and O–H groups in total. The normalized spacial score (nSPS) is 14.5. The van der Waals surface area contributed by atoms with E-state index in [0.29, 0.717) is 27.7 Å². The van der Waals surface area contributed by atoms with Crippen molar-refractivity contribution in [2.24, 2.45) is 0 Å². The summed E-state index contributed by atoms with van der Waals surface area (Å²) in [5.41, 5.74) is 2.08. The number of anilines is 1. The molecule has 0 aliphatic carbocycles. The zero-order valence-electron chi connectivity index (χ0n) is 17.3. The van der Waals surface area contributed by atoms with Crippen LogP contribution in [0.1, 0.15) is 36.2 Å². The quantitative estimate of drug-likeness (QED) is 0.431. The molecule has 0 unspecified atom stereocenters. The summed E-state index contributed by atoms with van der Waals surface area (Å²) in [5.74, 6) is -0.306. The van der Waals surface area contributed by atoms with Crippen LogP contribution in [0.15, 0.2) is 52.3 Å². The van der Waals surface area contributed by atoms with Gasteiger partial charge in [-0.15, -0.1) is 0 Å². The Kier molecular flexibility index (Phi) is 7.96. The summed E-state index contributed by atoms with van der Waals surface area (Å²) in [5, 5.41) is 6.49. The van der Waals surface area contributed by atoms with Crippen molar-refractivity contribution < 1.29 is 14.5 Å². The lowest BCUT2D eigenvalue weighted by molar-refractivity contribution is -0.896. The second-order valence-corrected chi connectivity index (χ2v) is 8.67. The Morgan fingerprint density at radius 2 is 2.00 bits per heavy atom. The van der Waals surface area contributed by atoms with Gasteiger partial charge in [-0.3, -0.25) is 9.59 Å². The first-order valence-corrected chi connectivity index (χ1v) is 11.4. The molecule has 1 heterocycles. The van der Waals surface area contributed by atoms with Crippen molar-refractivity contribution in [2.45, 2.75) is 25.2 Å². The smallest absolute Gasteiger partial charge is 0.262 e. The standard InChI is InChI=1S/C23H26ClN3O2S/c1-3-27(4-2)12-6-11-25-22(28)17-9-10-20-19(15-17)26-23(29)21(30-20)14-16-7-5-8-18(24)13-16/h5,7-10,13-15H,3-4,6,11-12H2,1-2H3,(H,25,28)(H,26,29)/p+1. The van der Waals surface area contributed by atoms with Crippen LogP contribution in [0.4, 0.5) is 5.69 Å². The van der Waals surface area contributed by atoms with Gasteiger partial charge in [-0.25, -0.2) is 0 Å². The molecular formula is C23H27ClN3O2S+. The summed E-state index contributed by atoms with van der Waals surface area (Å²) in [7, 11) is 0. The maximum Gasteiger partial charge on any atom is 0.262 e. The summed E-state index contributed by atoms with van der Waals surface area (Å²) in [6.45, 7) is 8.23. The number of nitrogens with one attached hydrogen (secondary N) is 3. The van der Waals surface area contributed by atoms with E-state index in [1.165, 1.54) is 16.7 Å².